The summed E-state index contributed by atoms with van der Waals surface area (Å²) in [4.78, 5) is 6.95. The van der Waals surface area contributed by atoms with Crippen molar-refractivity contribution in [2.45, 2.75) is 58.2 Å². The van der Waals surface area contributed by atoms with E-state index in [1.165, 1.54) is 18.5 Å². The molecule has 0 bridgehead atoms. The number of aliphatic imine (C=N–C) groups is 1. The molecule has 0 aromatic heterocycles. The van der Waals surface area contributed by atoms with Crippen molar-refractivity contribution in [3.63, 3.8) is 0 Å². The van der Waals surface area contributed by atoms with E-state index in [2.05, 4.69) is 46.5 Å². The summed E-state index contributed by atoms with van der Waals surface area (Å²) < 4.78 is 11.5. The Bertz CT molecular complexity index is 654. The van der Waals surface area contributed by atoms with E-state index in [0.717, 1.165) is 55.4 Å². The van der Waals surface area contributed by atoms with Gasteiger partial charge in [-0.15, -0.1) is 0 Å². The molecule has 2 aliphatic rings. The van der Waals surface area contributed by atoms with Gasteiger partial charge in [0, 0.05) is 50.3 Å². The van der Waals surface area contributed by atoms with Crippen LogP contribution in [0.15, 0.2) is 17.1 Å². The number of methoxy groups -OCH3 is 1. The van der Waals surface area contributed by atoms with Gasteiger partial charge in [-0.05, 0) is 44.9 Å². The monoisotopic (exact) mass is 374 g/mol. The normalized spacial score (nSPS) is 20.9. The number of hydrogen-bond acceptors (Lipinski definition) is 4. The highest BCUT2D eigenvalue weighted by Gasteiger charge is 2.22. The zero-order valence-corrected chi connectivity index (χ0v) is 17.2. The summed E-state index contributed by atoms with van der Waals surface area (Å²) in [6.45, 7) is 8.53. The van der Waals surface area contributed by atoms with Crippen molar-refractivity contribution in [1.82, 2.24) is 15.5 Å². The van der Waals surface area contributed by atoms with E-state index in [4.69, 9.17) is 9.47 Å². The van der Waals surface area contributed by atoms with Crippen LogP contribution in [0, 0.1) is 0 Å². The number of fused-ring (bicyclic) bond motifs is 1. The number of likely N-dealkylation sites (tertiary alicyclic amines) is 1. The van der Waals surface area contributed by atoms with Gasteiger partial charge in [-0.3, -0.25) is 4.99 Å². The molecule has 2 heterocycles. The Balaban J connectivity index is 1.55. The van der Waals surface area contributed by atoms with Crippen LogP contribution >= 0.6 is 0 Å². The zero-order chi connectivity index (χ0) is 19.2. The first-order valence-electron chi connectivity index (χ1n) is 10.2. The predicted octanol–water partition coefficient (Wildman–Crippen LogP) is 2.56. The molecule has 0 spiro atoms. The molecule has 0 saturated carbocycles. The van der Waals surface area contributed by atoms with Crippen LogP contribution in [-0.2, 0) is 13.0 Å². The van der Waals surface area contributed by atoms with Gasteiger partial charge in [0.05, 0.1) is 7.11 Å². The number of ether oxygens (including phenoxy) is 2. The van der Waals surface area contributed by atoms with E-state index in [0.29, 0.717) is 12.6 Å². The maximum Gasteiger partial charge on any atom is 0.191 e. The Morgan fingerprint density at radius 1 is 1.33 bits per heavy atom. The van der Waals surface area contributed by atoms with Crippen LogP contribution < -0.4 is 20.1 Å². The van der Waals surface area contributed by atoms with Gasteiger partial charge in [-0.25, -0.2) is 0 Å². The highest BCUT2D eigenvalue weighted by atomic mass is 16.5. The quantitative estimate of drug-likeness (QED) is 0.592. The fourth-order valence-corrected chi connectivity index (χ4v) is 3.99. The van der Waals surface area contributed by atoms with Gasteiger partial charge in [0.25, 0.3) is 0 Å². The number of nitrogens with one attached hydrogen (secondary N) is 2. The molecule has 0 aliphatic carbocycles. The third-order valence-electron chi connectivity index (χ3n) is 5.44. The van der Waals surface area contributed by atoms with Crippen molar-refractivity contribution in [2.75, 3.05) is 33.8 Å². The molecular formula is C21H34N4O2. The topological polar surface area (TPSA) is 58.1 Å². The van der Waals surface area contributed by atoms with E-state index in [1.54, 1.807) is 7.11 Å². The number of rotatable bonds is 6. The second-order valence-electron chi connectivity index (χ2n) is 7.59. The molecule has 1 aromatic rings. The largest absolute Gasteiger partial charge is 0.496 e. The van der Waals surface area contributed by atoms with E-state index in [9.17, 15) is 0 Å². The minimum Gasteiger partial charge on any atom is -0.496 e. The van der Waals surface area contributed by atoms with Crippen LogP contribution in [0.25, 0.3) is 0 Å². The van der Waals surface area contributed by atoms with E-state index in [1.807, 2.05) is 7.05 Å². The number of nitrogens with zero attached hydrogens (tertiary/aromatic N) is 2. The maximum absolute atomic E-state index is 5.90. The zero-order valence-electron chi connectivity index (χ0n) is 17.2. The van der Waals surface area contributed by atoms with Gasteiger partial charge in [-0.2, -0.15) is 0 Å². The molecule has 6 nitrogen and oxygen atoms in total. The molecule has 0 radical (unpaired) electrons. The fourth-order valence-electron chi connectivity index (χ4n) is 3.99. The molecule has 3 rings (SSSR count). The van der Waals surface area contributed by atoms with E-state index >= 15 is 0 Å². The average molecular weight is 375 g/mol. The molecule has 1 fully saturated rings. The van der Waals surface area contributed by atoms with Gasteiger partial charge in [-0.1, -0.05) is 6.92 Å². The molecule has 0 amide bonds. The van der Waals surface area contributed by atoms with Crippen molar-refractivity contribution in [1.29, 1.82) is 0 Å². The minimum absolute atomic E-state index is 0.237. The lowest BCUT2D eigenvalue weighted by Crippen LogP contribution is -2.48. The van der Waals surface area contributed by atoms with Crippen molar-refractivity contribution in [2.24, 2.45) is 4.99 Å². The second kappa shape index (κ2) is 9.31. The van der Waals surface area contributed by atoms with Crippen molar-refractivity contribution in [3.05, 3.63) is 23.3 Å². The van der Waals surface area contributed by atoms with Crippen LogP contribution in [0.3, 0.4) is 0 Å². The van der Waals surface area contributed by atoms with Crippen molar-refractivity contribution >= 4 is 5.96 Å². The van der Waals surface area contributed by atoms with E-state index < -0.39 is 0 Å². The number of piperidine rings is 1. The molecule has 150 valence electrons. The highest BCUT2D eigenvalue weighted by molar-refractivity contribution is 5.80. The summed E-state index contributed by atoms with van der Waals surface area (Å²) in [7, 11) is 3.55. The summed E-state index contributed by atoms with van der Waals surface area (Å²) in [5.41, 5.74) is 2.32. The Morgan fingerprint density at radius 2 is 2.11 bits per heavy atom. The summed E-state index contributed by atoms with van der Waals surface area (Å²) in [5.74, 6) is 2.73. The third-order valence-corrected chi connectivity index (χ3v) is 5.44. The van der Waals surface area contributed by atoms with Crippen LogP contribution in [0.5, 0.6) is 11.5 Å². The van der Waals surface area contributed by atoms with Crippen LogP contribution in [0.1, 0.15) is 44.2 Å². The lowest BCUT2D eigenvalue weighted by atomic mass is 10.0. The second-order valence-corrected chi connectivity index (χ2v) is 7.59. The Hall–Kier alpha value is -1.95. The Morgan fingerprint density at radius 3 is 2.78 bits per heavy atom. The average Bonchev–Trinajstić information content (AvgIpc) is 3.04. The summed E-state index contributed by atoms with van der Waals surface area (Å²) >= 11 is 0. The van der Waals surface area contributed by atoms with Gasteiger partial charge >= 0.3 is 0 Å². The lowest BCUT2D eigenvalue weighted by Gasteiger charge is -2.32. The minimum atomic E-state index is 0.237. The SMILES string of the molecule is CCCN1CCC(NC(=NC)NCc2cc3c(cc2OC)CC(C)O3)CC1. The van der Waals surface area contributed by atoms with Gasteiger partial charge in [0.1, 0.15) is 17.6 Å². The molecule has 1 atom stereocenters. The molecule has 2 N–H and O–H groups in total. The lowest BCUT2D eigenvalue weighted by molar-refractivity contribution is 0.206. The van der Waals surface area contributed by atoms with Gasteiger partial charge < -0.3 is 25.0 Å². The molecule has 2 aliphatic heterocycles. The van der Waals surface area contributed by atoms with Crippen LogP contribution in [0.2, 0.25) is 0 Å². The maximum atomic E-state index is 5.90. The summed E-state index contributed by atoms with van der Waals surface area (Å²) in [6.07, 6.45) is 4.73. The molecule has 1 unspecified atom stereocenters. The highest BCUT2D eigenvalue weighted by Crippen LogP contribution is 2.34. The molecule has 1 saturated heterocycles. The first-order valence-corrected chi connectivity index (χ1v) is 10.2. The number of guanidine groups is 1. The first-order chi connectivity index (χ1) is 13.1. The fraction of sp³-hybridized carbons (Fsp3) is 0.667. The van der Waals surface area contributed by atoms with Crippen molar-refractivity contribution < 1.29 is 9.47 Å². The van der Waals surface area contributed by atoms with Gasteiger partial charge in [0.15, 0.2) is 5.96 Å². The van der Waals surface area contributed by atoms with Gasteiger partial charge in [0.2, 0.25) is 0 Å². The number of benzene rings is 1. The van der Waals surface area contributed by atoms with Crippen molar-refractivity contribution in [3.8, 4) is 11.5 Å². The molecule has 27 heavy (non-hydrogen) atoms. The Labute approximate surface area is 163 Å². The predicted molar refractivity (Wildman–Crippen MR) is 110 cm³/mol. The van der Waals surface area contributed by atoms with E-state index in [-0.39, 0.29) is 6.10 Å². The summed E-state index contributed by atoms with van der Waals surface area (Å²) in [6, 6.07) is 4.69. The number of hydrogen-bond donors (Lipinski definition) is 2. The third kappa shape index (κ3) is 5.06. The Kier molecular flexibility index (Phi) is 6.83. The smallest absolute Gasteiger partial charge is 0.191 e. The first kappa shape index (κ1) is 19.8. The molecular weight excluding hydrogens is 340 g/mol. The molecule has 6 heteroatoms. The molecule has 1 aromatic carbocycles. The van der Waals surface area contributed by atoms with Crippen LogP contribution in [0.4, 0.5) is 0 Å². The standard InChI is InChI=1S/C21H34N4O2/c1-5-8-25-9-6-18(7-10-25)24-21(22-3)23-14-17-13-20-16(11-15(2)27-20)12-19(17)26-4/h12-13,15,18H,5-11,14H2,1-4H3,(H2,22,23,24). The van der Waals surface area contributed by atoms with Crippen LogP contribution in [-0.4, -0.2) is 56.8 Å². The summed E-state index contributed by atoms with van der Waals surface area (Å²) in [5, 5.41) is 7.01.